The molecule has 0 aliphatic carbocycles. The van der Waals surface area contributed by atoms with Crippen LogP contribution in [-0.2, 0) is 0 Å². The number of methoxy groups -OCH3 is 1. The van der Waals surface area contributed by atoms with E-state index in [2.05, 4.69) is 27.1 Å². The van der Waals surface area contributed by atoms with Gasteiger partial charge >= 0.3 is 0 Å². The second-order valence-electron chi connectivity index (χ2n) is 6.77. The van der Waals surface area contributed by atoms with Crippen LogP contribution in [0.5, 0.6) is 11.6 Å². The monoisotopic (exact) mass is 372 g/mol. The third-order valence-corrected chi connectivity index (χ3v) is 6.06. The summed E-state index contributed by atoms with van der Waals surface area (Å²) in [6.45, 7) is 3.90. The molecule has 0 amide bonds. The molecular weight excluding hydrogens is 348 g/mol. The van der Waals surface area contributed by atoms with E-state index in [4.69, 9.17) is 4.74 Å². The van der Waals surface area contributed by atoms with Gasteiger partial charge in [0.1, 0.15) is 11.6 Å². The normalized spacial score (nSPS) is 17.3. The average molecular weight is 372 g/mol. The Morgan fingerprint density at radius 3 is 2.42 bits per heavy atom. The highest BCUT2D eigenvalue weighted by atomic mass is 32.1. The Bertz CT molecular complexity index is 879. The van der Waals surface area contributed by atoms with E-state index >= 15 is 0 Å². The molecule has 3 heterocycles. The maximum absolute atomic E-state index is 10.9. The molecule has 1 saturated heterocycles. The third kappa shape index (κ3) is 3.17. The van der Waals surface area contributed by atoms with Gasteiger partial charge in [-0.05, 0) is 50.6 Å². The van der Waals surface area contributed by atoms with Gasteiger partial charge in [0.25, 0.3) is 0 Å². The molecule has 1 atom stereocenters. The average Bonchev–Trinajstić information content (AvgIpc) is 3.01. The minimum atomic E-state index is 0.00723. The van der Waals surface area contributed by atoms with E-state index in [1.54, 1.807) is 11.6 Å². The fraction of sp³-hybridized carbons (Fsp3) is 0.474. The van der Waals surface area contributed by atoms with Gasteiger partial charge in [-0.25, -0.2) is 4.98 Å². The molecule has 0 radical (unpaired) electrons. The largest absolute Gasteiger partial charge is 0.497 e. The standard InChI is InChI=1S/C19H24N4O2S/c1-13-20-19-23(21-13)18(24)17(26-19)16(22-11-5-3-4-6-12-22)14-7-9-15(25-2)10-8-14/h7-10,16,24H,3-6,11-12H2,1-2H3. The van der Waals surface area contributed by atoms with Crippen LogP contribution in [0.25, 0.3) is 4.96 Å². The zero-order chi connectivity index (χ0) is 18.1. The van der Waals surface area contributed by atoms with Crippen molar-refractivity contribution in [2.24, 2.45) is 0 Å². The highest BCUT2D eigenvalue weighted by Crippen LogP contribution is 2.40. The van der Waals surface area contributed by atoms with E-state index in [-0.39, 0.29) is 11.9 Å². The van der Waals surface area contributed by atoms with Crippen LogP contribution in [0, 0.1) is 6.92 Å². The molecule has 138 valence electrons. The molecule has 3 aromatic rings. The lowest BCUT2D eigenvalue weighted by atomic mass is 10.0. The van der Waals surface area contributed by atoms with Crippen LogP contribution in [0.1, 0.15) is 48.0 Å². The maximum atomic E-state index is 10.9. The van der Waals surface area contributed by atoms with Gasteiger partial charge in [-0.3, -0.25) is 4.90 Å². The summed E-state index contributed by atoms with van der Waals surface area (Å²) in [6, 6.07) is 8.16. The van der Waals surface area contributed by atoms with Gasteiger partial charge in [0, 0.05) is 0 Å². The number of hydrogen-bond acceptors (Lipinski definition) is 6. The molecule has 1 aliphatic rings. The van der Waals surface area contributed by atoms with E-state index in [0.29, 0.717) is 5.82 Å². The number of nitrogens with zero attached hydrogens (tertiary/aromatic N) is 4. The Morgan fingerprint density at radius 2 is 1.81 bits per heavy atom. The van der Waals surface area contributed by atoms with Crippen LogP contribution in [0.3, 0.4) is 0 Å². The smallest absolute Gasteiger partial charge is 0.230 e. The predicted molar refractivity (Wildman–Crippen MR) is 102 cm³/mol. The summed E-state index contributed by atoms with van der Waals surface area (Å²) >= 11 is 1.52. The number of thiazole rings is 1. The first-order valence-corrected chi connectivity index (χ1v) is 9.92. The van der Waals surface area contributed by atoms with Gasteiger partial charge in [0.2, 0.25) is 10.8 Å². The Labute approximate surface area is 157 Å². The van der Waals surface area contributed by atoms with E-state index in [0.717, 1.165) is 34.2 Å². The molecule has 0 bridgehead atoms. The molecule has 1 unspecified atom stereocenters. The summed E-state index contributed by atoms with van der Waals surface area (Å²) in [7, 11) is 1.68. The van der Waals surface area contributed by atoms with Crippen LogP contribution in [-0.4, -0.2) is 44.8 Å². The van der Waals surface area contributed by atoms with Gasteiger partial charge in [0.05, 0.1) is 18.0 Å². The molecule has 1 N–H and O–H groups in total. The topological polar surface area (TPSA) is 62.9 Å². The number of hydrogen-bond donors (Lipinski definition) is 1. The summed E-state index contributed by atoms with van der Waals surface area (Å²) in [5.41, 5.74) is 1.16. The highest BCUT2D eigenvalue weighted by Gasteiger charge is 2.29. The van der Waals surface area contributed by atoms with Crippen LogP contribution in [0.15, 0.2) is 24.3 Å². The first-order valence-electron chi connectivity index (χ1n) is 9.10. The quantitative estimate of drug-likeness (QED) is 0.755. The summed E-state index contributed by atoms with van der Waals surface area (Å²) in [5, 5.41) is 15.2. The second-order valence-corrected chi connectivity index (χ2v) is 7.78. The van der Waals surface area contributed by atoms with Gasteiger partial charge < -0.3 is 9.84 Å². The van der Waals surface area contributed by atoms with Crippen molar-refractivity contribution < 1.29 is 9.84 Å². The van der Waals surface area contributed by atoms with E-state index < -0.39 is 0 Å². The van der Waals surface area contributed by atoms with Gasteiger partial charge in [0.15, 0.2) is 0 Å². The zero-order valence-corrected chi connectivity index (χ0v) is 16.0. The number of aromatic hydroxyl groups is 1. The van der Waals surface area contributed by atoms with Crippen LogP contribution in [0.4, 0.5) is 0 Å². The third-order valence-electron chi connectivity index (χ3n) is 4.99. The summed E-state index contributed by atoms with van der Waals surface area (Å²) in [4.78, 5) is 8.56. The molecule has 1 fully saturated rings. The molecule has 26 heavy (non-hydrogen) atoms. The van der Waals surface area contributed by atoms with Gasteiger partial charge in [-0.15, -0.1) is 5.10 Å². The predicted octanol–water partition coefficient (Wildman–Crippen LogP) is 3.78. The Hall–Kier alpha value is -2.12. The number of likely N-dealkylation sites (tertiary alicyclic amines) is 1. The lowest BCUT2D eigenvalue weighted by Crippen LogP contribution is -2.30. The van der Waals surface area contributed by atoms with Crippen molar-refractivity contribution >= 4 is 16.3 Å². The van der Waals surface area contributed by atoms with Crippen molar-refractivity contribution in [3.63, 3.8) is 0 Å². The second kappa shape index (κ2) is 7.25. The minimum Gasteiger partial charge on any atom is -0.497 e. The number of benzene rings is 1. The number of ether oxygens (including phenoxy) is 1. The Kier molecular flexibility index (Phi) is 4.82. The number of aromatic nitrogens is 3. The molecule has 0 spiro atoms. The molecular formula is C19H24N4O2S. The minimum absolute atomic E-state index is 0.00723. The molecule has 1 aromatic carbocycles. The summed E-state index contributed by atoms with van der Waals surface area (Å²) in [5.74, 6) is 1.72. The van der Waals surface area contributed by atoms with Crippen LogP contribution < -0.4 is 4.74 Å². The SMILES string of the molecule is COc1ccc(C(c2sc3nc(C)nn3c2O)N2CCCCCC2)cc1. The van der Waals surface area contributed by atoms with Gasteiger partial charge in [-0.1, -0.05) is 36.3 Å². The van der Waals surface area contributed by atoms with Crippen LogP contribution in [0.2, 0.25) is 0 Å². The zero-order valence-electron chi connectivity index (χ0n) is 15.2. The number of aryl methyl sites for hydroxylation is 1. The van der Waals surface area contributed by atoms with E-state index in [1.807, 2.05) is 19.1 Å². The fourth-order valence-corrected chi connectivity index (χ4v) is 4.86. The first-order chi connectivity index (χ1) is 12.7. The lowest BCUT2D eigenvalue weighted by Gasteiger charge is -2.30. The molecule has 4 rings (SSSR count). The molecule has 6 nitrogen and oxygen atoms in total. The van der Waals surface area contributed by atoms with E-state index in [9.17, 15) is 5.11 Å². The lowest BCUT2D eigenvalue weighted by molar-refractivity contribution is 0.232. The van der Waals surface area contributed by atoms with E-state index in [1.165, 1.54) is 37.0 Å². The maximum Gasteiger partial charge on any atom is 0.230 e. The van der Waals surface area contributed by atoms with Crippen molar-refractivity contribution in [1.82, 2.24) is 19.5 Å². The number of rotatable bonds is 4. The van der Waals surface area contributed by atoms with Crippen molar-refractivity contribution in [1.29, 1.82) is 0 Å². The Morgan fingerprint density at radius 1 is 1.12 bits per heavy atom. The van der Waals surface area contributed by atoms with Crippen LogP contribution >= 0.6 is 11.3 Å². The van der Waals surface area contributed by atoms with Crippen molar-refractivity contribution in [2.45, 2.75) is 38.6 Å². The van der Waals surface area contributed by atoms with Crippen molar-refractivity contribution in [3.8, 4) is 11.6 Å². The highest BCUT2D eigenvalue weighted by molar-refractivity contribution is 7.17. The summed E-state index contributed by atoms with van der Waals surface area (Å²) < 4.78 is 6.87. The molecule has 1 aliphatic heterocycles. The Balaban J connectivity index is 1.79. The fourth-order valence-electron chi connectivity index (χ4n) is 3.69. The summed E-state index contributed by atoms with van der Waals surface area (Å²) in [6.07, 6.45) is 4.92. The first kappa shape index (κ1) is 17.3. The van der Waals surface area contributed by atoms with Crippen molar-refractivity contribution in [2.75, 3.05) is 20.2 Å². The molecule has 0 saturated carbocycles. The molecule has 7 heteroatoms. The van der Waals surface area contributed by atoms with Crippen molar-refractivity contribution in [3.05, 3.63) is 40.5 Å². The van der Waals surface area contributed by atoms with Gasteiger partial charge in [-0.2, -0.15) is 4.52 Å². The number of fused-ring (bicyclic) bond motifs is 1. The molecule has 2 aromatic heterocycles.